The van der Waals surface area contributed by atoms with E-state index in [0.29, 0.717) is 6.42 Å². The predicted octanol–water partition coefficient (Wildman–Crippen LogP) is 1.06. The van der Waals surface area contributed by atoms with Crippen molar-refractivity contribution in [3.8, 4) is 0 Å². The van der Waals surface area contributed by atoms with E-state index in [1.807, 2.05) is 19.1 Å². The third-order valence-electron chi connectivity index (χ3n) is 5.91. The molecule has 144 valence electrons. The number of carbonyl (C=O) groups excluding carboxylic acids is 2. The van der Waals surface area contributed by atoms with Crippen molar-refractivity contribution in [3.63, 3.8) is 0 Å². The minimum Gasteiger partial charge on any atom is -0.479 e. The number of aliphatic hydroxyl groups is 1. The molecule has 3 rings (SSSR count). The number of carboxylic acids is 1. The number of hydrogen-bond donors (Lipinski definition) is 3. The summed E-state index contributed by atoms with van der Waals surface area (Å²) in [6, 6.07) is -0.800. The predicted molar refractivity (Wildman–Crippen MR) is 94.1 cm³/mol. The second-order valence-corrected chi connectivity index (χ2v) is 7.94. The minimum absolute atomic E-state index is 0.130. The van der Waals surface area contributed by atoms with E-state index in [0.717, 1.165) is 32.1 Å². The van der Waals surface area contributed by atoms with Crippen LogP contribution in [0.1, 0.15) is 51.9 Å². The first kappa shape index (κ1) is 18.9. The lowest BCUT2D eigenvalue weighted by atomic mass is 10.0. The van der Waals surface area contributed by atoms with E-state index in [1.165, 1.54) is 4.90 Å². The van der Waals surface area contributed by atoms with Gasteiger partial charge in [0.05, 0.1) is 6.10 Å². The van der Waals surface area contributed by atoms with E-state index in [4.69, 9.17) is 0 Å². The molecule has 3 N–H and O–H groups in total. The van der Waals surface area contributed by atoms with Crippen molar-refractivity contribution in [2.24, 2.45) is 11.8 Å². The Morgan fingerprint density at radius 2 is 2.08 bits per heavy atom. The summed E-state index contributed by atoms with van der Waals surface area (Å²) in [6.07, 6.45) is 8.25. The van der Waals surface area contributed by atoms with Gasteiger partial charge in [0.1, 0.15) is 11.6 Å². The molecule has 0 aromatic rings. The molecule has 2 amide bonds. The number of aliphatic hydroxyl groups excluding tert-OH is 1. The number of carboxylic acid groups (broad SMARTS) is 1. The molecule has 0 radical (unpaired) electrons. The number of hydrogen-bond acceptors (Lipinski definition) is 4. The van der Waals surface area contributed by atoms with Crippen LogP contribution in [0.25, 0.3) is 0 Å². The van der Waals surface area contributed by atoms with Gasteiger partial charge in [0, 0.05) is 24.8 Å². The molecule has 1 saturated heterocycles. The average Bonchev–Trinajstić information content (AvgIpc) is 3.14. The van der Waals surface area contributed by atoms with Crippen LogP contribution >= 0.6 is 0 Å². The Balaban J connectivity index is 1.83. The normalized spacial score (nSPS) is 39.8. The van der Waals surface area contributed by atoms with E-state index < -0.39 is 29.6 Å². The summed E-state index contributed by atoms with van der Waals surface area (Å²) in [5.74, 6) is -2.09. The Morgan fingerprint density at radius 3 is 2.81 bits per heavy atom. The second-order valence-electron chi connectivity index (χ2n) is 7.94. The highest BCUT2D eigenvalue weighted by Gasteiger charge is 2.61. The lowest BCUT2D eigenvalue weighted by Crippen LogP contribution is -2.53. The van der Waals surface area contributed by atoms with Crippen LogP contribution in [-0.2, 0) is 14.4 Å². The molecule has 0 bridgehead atoms. The van der Waals surface area contributed by atoms with Crippen molar-refractivity contribution in [2.75, 3.05) is 6.54 Å². The van der Waals surface area contributed by atoms with Crippen molar-refractivity contribution in [2.45, 2.75) is 69.6 Å². The maximum absolute atomic E-state index is 12.8. The molecule has 7 nitrogen and oxygen atoms in total. The number of amides is 2. The van der Waals surface area contributed by atoms with E-state index in [2.05, 4.69) is 5.32 Å². The van der Waals surface area contributed by atoms with Crippen LogP contribution in [0.2, 0.25) is 0 Å². The van der Waals surface area contributed by atoms with Gasteiger partial charge in [-0.05, 0) is 25.7 Å². The Hall–Kier alpha value is -1.89. The molecule has 2 heterocycles. The molecule has 0 aromatic heterocycles. The van der Waals surface area contributed by atoms with Crippen molar-refractivity contribution in [1.29, 1.82) is 0 Å². The van der Waals surface area contributed by atoms with E-state index in [1.54, 1.807) is 0 Å². The van der Waals surface area contributed by atoms with Gasteiger partial charge < -0.3 is 20.4 Å². The summed E-state index contributed by atoms with van der Waals surface area (Å²) in [5, 5.41) is 22.3. The van der Waals surface area contributed by atoms with Gasteiger partial charge in [0.15, 0.2) is 0 Å². The third kappa shape index (κ3) is 3.63. The summed E-state index contributed by atoms with van der Waals surface area (Å²) in [7, 11) is 0. The van der Waals surface area contributed by atoms with Crippen LogP contribution in [0.3, 0.4) is 0 Å². The van der Waals surface area contributed by atoms with Gasteiger partial charge in [-0.3, -0.25) is 9.59 Å². The number of fused-ring (bicyclic) bond motifs is 2. The highest BCUT2D eigenvalue weighted by atomic mass is 16.4. The van der Waals surface area contributed by atoms with Crippen LogP contribution in [-0.4, -0.2) is 57.1 Å². The smallest absolute Gasteiger partial charge is 0.330 e. The zero-order valence-electron chi connectivity index (χ0n) is 15.2. The van der Waals surface area contributed by atoms with Crippen molar-refractivity contribution < 1.29 is 24.6 Å². The third-order valence-corrected chi connectivity index (χ3v) is 5.91. The van der Waals surface area contributed by atoms with Crippen LogP contribution in [0.4, 0.5) is 0 Å². The molecule has 26 heavy (non-hydrogen) atoms. The second kappa shape index (κ2) is 7.39. The topological polar surface area (TPSA) is 107 Å². The van der Waals surface area contributed by atoms with Crippen molar-refractivity contribution >= 4 is 17.8 Å². The number of rotatable bonds is 1. The zero-order chi connectivity index (χ0) is 18.9. The summed E-state index contributed by atoms with van der Waals surface area (Å²) in [5.41, 5.74) is -1.28. The minimum atomic E-state index is -1.28. The van der Waals surface area contributed by atoms with Crippen LogP contribution in [0.15, 0.2) is 12.2 Å². The maximum atomic E-state index is 12.8. The first-order valence-corrected chi connectivity index (χ1v) is 9.56. The molecule has 0 unspecified atom stereocenters. The molecule has 0 aromatic carbocycles. The van der Waals surface area contributed by atoms with Gasteiger partial charge in [0.2, 0.25) is 11.8 Å². The van der Waals surface area contributed by atoms with Gasteiger partial charge in [0.25, 0.3) is 0 Å². The van der Waals surface area contributed by atoms with E-state index in [9.17, 15) is 24.6 Å². The Labute approximate surface area is 153 Å². The summed E-state index contributed by atoms with van der Waals surface area (Å²) in [6.45, 7) is 1.99. The van der Waals surface area contributed by atoms with Gasteiger partial charge in [-0.25, -0.2) is 4.79 Å². The van der Waals surface area contributed by atoms with E-state index >= 15 is 0 Å². The Bertz CT molecular complexity index is 619. The summed E-state index contributed by atoms with van der Waals surface area (Å²) < 4.78 is 0. The SMILES string of the molecule is C[C@H]1CCCCC/C=C\[C@@H]2C[C@@]2(C(=O)O)NC(=O)[C@@H]2C[C@@H](O)CN2C1=O. The molecule has 5 atom stereocenters. The van der Waals surface area contributed by atoms with Gasteiger partial charge in [-0.2, -0.15) is 0 Å². The van der Waals surface area contributed by atoms with Crippen LogP contribution in [0, 0.1) is 11.8 Å². The number of nitrogens with one attached hydrogen (secondary N) is 1. The maximum Gasteiger partial charge on any atom is 0.330 e. The van der Waals surface area contributed by atoms with Gasteiger partial charge in [-0.15, -0.1) is 0 Å². The molecular weight excluding hydrogens is 336 g/mol. The lowest BCUT2D eigenvalue weighted by molar-refractivity contribution is -0.146. The molecule has 0 spiro atoms. The number of nitrogens with zero attached hydrogens (tertiary/aromatic N) is 1. The molecular formula is C19H28N2O5. The monoisotopic (exact) mass is 364 g/mol. The summed E-state index contributed by atoms with van der Waals surface area (Å²) >= 11 is 0. The fourth-order valence-electron chi connectivity index (χ4n) is 4.13. The fraction of sp³-hybridized carbons (Fsp3) is 0.737. The Morgan fingerprint density at radius 1 is 1.31 bits per heavy atom. The largest absolute Gasteiger partial charge is 0.479 e. The number of aliphatic carboxylic acids is 1. The standard InChI is InChI=1S/C19H28N2O5/c1-12-7-5-3-2-4-6-8-13-10-19(13,18(25)26)20-16(23)15-9-14(22)11-21(15)17(12)24/h6,8,12-15,22H,2-5,7,9-11H2,1H3,(H,20,23)(H,25,26)/b8-6-/t12-,13+,14+,15-,19+/m0/s1. The lowest BCUT2D eigenvalue weighted by Gasteiger charge is -2.27. The van der Waals surface area contributed by atoms with E-state index in [-0.39, 0.29) is 30.7 Å². The van der Waals surface area contributed by atoms with Gasteiger partial charge in [-0.1, -0.05) is 31.9 Å². The van der Waals surface area contributed by atoms with Crippen LogP contribution < -0.4 is 5.32 Å². The first-order chi connectivity index (χ1) is 12.3. The number of allylic oxidation sites excluding steroid dienone is 1. The quantitative estimate of drug-likeness (QED) is 0.603. The molecule has 2 fully saturated rings. The molecule has 1 saturated carbocycles. The zero-order valence-corrected chi connectivity index (χ0v) is 15.2. The average molecular weight is 364 g/mol. The van der Waals surface area contributed by atoms with Crippen molar-refractivity contribution in [1.82, 2.24) is 10.2 Å². The molecule has 1 aliphatic carbocycles. The van der Waals surface area contributed by atoms with Crippen molar-refractivity contribution in [3.05, 3.63) is 12.2 Å². The molecule has 3 aliphatic rings. The summed E-state index contributed by atoms with van der Waals surface area (Å²) in [4.78, 5) is 38.7. The highest BCUT2D eigenvalue weighted by Crippen LogP contribution is 2.45. The fourth-order valence-corrected chi connectivity index (χ4v) is 4.13. The van der Waals surface area contributed by atoms with Gasteiger partial charge >= 0.3 is 5.97 Å². The molecule has 2 aliphatic heterocycles. The van der Waals surface area contributed by atoms with Crippen LogP contribution in [0.5, 0.6) is 0 Å². The first-order valence-electron chi connectivity index (χ1n) is 9.56. The number of carbonyl (C=O) groups is 3. The molecule has 7 heteroatoms. The highest BCUT2D eigenvalue weighted by molar-refractivity contribution is 5.95. The Kier molecular flexibility index (Phi) is 5.37.